The van der Waals surface area contributed by atoms with E-state index in [2.05, 4.69) is 0 Å². The van der Waals surface area contributed by atoms with Gasteiger partial charge in [0.05, 0.1) is 10.3 Å². The molecule has 0 aliphatic carbocycles. The third kappa shape index (κ3) is 3.17. The number of nitrogens with zero attached hydrogens (tertiary/aromatic N) is 1. The molecule has 1 fully saturated rings. The Balaban J connectivity index is 1.85. The van der Waals surface area contributed by atoms with Crippen molar-refractivity contribution in [1.29, 1.82) is 0 Å². The highest BCUT2D eigenvalue weighted by Gasteiger charge is 2.43. The van der Waals surface area contributed by atoms with E-state index < -0.39 is 27.2 Å². The molecule has 0 atom stereocenters. The Bertz CT molecular complexity index is 859. The molecule has 1 aliphatic heterocycles. The van der Waals surface area contributed by atoms with E-state index in [1.165, 1.54) is 16.4 Å². The standard InChI is InChI=1S/C18H19FN2O3S/c19-15-6-8-16(9-7-15)25(23,24)21-12-10-18(11-13-21,17(20)22)14-4-2-1-3-5-14/h1-9H,10-13H2,(H2,20,22). The van der Waals surface area contributed by atoms with Crippen LogP contribution in [0, 0.1) is 5.82 Å². The van der Waals surface area contributed by atoms with Crippen LogP contribution in [-0.2, 0) is 20.2 Å². The monoisotopic (exact) mass is 362 g/mol. The lowest BCUT2D eigenvalue weighted by atomic mass is 9.72. The van der Waals surface area contributed by atoms with Crippen LogP contribution in [0.1, 0.15) is 18.4 Å². The van der Waals surface area contributed by atoms with Gasteiger partial charge >= 0.3 is 0 Å². The summed E-state index contributed by atoms with van der Waals surface area (Å²) in [6.45, 7) is 0.356. The fraction of sp³-hybridized carbons (Fsp3) is 0.278. The van der Waals surface area contributed by atoms with Crippen LogP contribution in [0.3, 0.4) is 0 Å². The zero-order valence-corrected chi connectivity index (χ0v) is 14.4. The van der Waals surface area contributed by atoms with Gasteiger partial charge in [0.25, 0.3) is 0 Å². The third-order valence-electron chi connectivity index (χ3n) is 4.83. The van der Waals surface area contributed by atoms with Crippen molar-refractivity contribution < 1.29 is 17.6 Å². The van der Waals surface area contributed by atoms with E-state index >= 15 is 0 Å². The van der Waals surface area contributed by atoms with Crippen LogP contribution in [0.25, 0.3) is 0 Å². The number of nitrogens with two attached hydrogens (primary N) is 1. The highest BCUT2D eigenvalue weighted by atomic mass is 32.2. The molecule has 2 N–H and O–H groups in total. The van der Waals surface area contributed by atoms with E-state index in [4.69, 9.17) is 5.73 Å². The number of carbonyl (C=O) groups is 1. The fourth-order valence-corrected chi connectivity index (χ4v) is 4.74. The Morgan fingerprint density at radius 1 is 1.00 bits per heavy atom. The average molecular weight is 362 g/mol. The summed E-state index contributed by atoms with van der Waals surface area (Å²) < 4.78 is 39.8. The molecule has 1 heterocycles. The van der Waals surface area contributed by atoms with Crippen LogP contribution in [0.2, 0.25) is 0 Å². The molecule has 2 aromatic rings. The van der Waals surface area contributed by atoms with Crippen LogP contribution < -0.4 is 5.73 Å². The van der Waals surface area contributed by atoms with Gasteiger partial charge in [-0.25, -0.2) is 12.8 Å². The van der Waals surface area contributed by atoms with Gasteiger partial charge in [-0.05, 0) is 42.7 Å². The number of carbonyl (C=O) groups excluding carboxylic acids is 1. The molecule has 0 bridgehead atoms. The number of piperidine rings is 1. The van der Waals surface area contributed by atoms with Crippen molar-refractivity contribution in [2.75, 3.05) is 13.1 Å². The Morgan fingerprint density at radius 2 is 1.56 bits per heavy atom. The molecular weight excluding hydrogens is 343 g/mol. The van der Waals surface area contributed by atoms with E-state index in [0.717, 1.165) is 17.7 Å². The summed E-state index contributed by atoms with van der Waals surface area (Å²) in [7, 11) is -3.72. The molecule has 0 spiro atoms. The molecule has 1 saturated heterocycles. The molecule has 2 aromatic carbocycles. The zero-order chi connectivity index (χ0) is 18.1. The Kier molecular flexibility index (Phi) is 4.62. The van der Waals surface area contributed by atoms with Crippen molar-refractivity contribution in [1.82, 2.24) is 4.31 Å². The second kappa shape index (κ2) is 6.57. The summed E-state index contributed by atoms with van der Waals surface area (Å²) >= 11 is 0. The van der Waals surface area contributed by atoms with Gasteiger partial charge in [0, 0.05) is 13.1 Å². The van der Waals surface area contributed by atoms with Gasteiger partial charge in [0.2, 0.25) is 15.9 Å². The first kappa shape index (κ1) is 17.6. The molecule has 0 unspecified atom stereocenters. The minimum absolute atomic E-state index is 0.0418. The van der Waals surface area contributed by atoms with Crippen molar-refractivity contribution in [3.05, 3.63) is 66.0 Å². The molecular formula is C18H19FN2O3S. The van der Waals surface area contributed by atoms with Gasteiger partial charge in [0.1, 0.15) is 5.82 Å². The number of hydrogen-bond acceptors (Lipinski definition) is 3. The molecule has 1 amide bonds. The summed E-state index contributed by atoms with van der Waals surface area (Å²) in [5.74, 6) is -0.938. The lowest BCUT2D eigenvalue weighted by Gasteiger charge is -2.39. The van der Waals surface area contributed by atoms with E-state index in [1.807, 2.05) is 30.3 Å². The van der Waals surface area contributed by atoms with E-state index in [1.54, 1.807) is 0 Å². The predicted molar refractivity (Wildman–Crippen MR) is 91.7 cm³/mol. The minimum atomic E-state index is -3.72. The van der Waals surface area contributed by atoms with Crippen molar-refractivity contribution in [2.24, 2.45) is 5.73 Å². The van der Waals surface area contributed by atoms with Crippen LogP contribution in [0.4, 0.5) is 4.39 Å². The van der Waals surface area contributed by atoms with Crippen molar-refractivity contribution in [2.45, 2.75) is 23.2 Å². The number of halogens is 1. The Morgan fingerprint density at radius 3 is 2.08 bits per heavy atom. The van der Waals surface area contributed by atoms with E-state index in [9.17, 15) is 17.6 Å². The highest BCUT2D eigenvalue weighted by molar-refractivity contribution is 7.89. The topological polar surface area (TPSA) is 80.5 Å². The Hall–Kier alpha value is -2.25. The van der Waals surface area contributed by atoms with Crippen LogP contribution in [-0.4, -0.2) is 31.7 Å². The largest absolute Gasteiger partial charge is 0.369 e. The smallest absolute Gasteiger partial charge is 0.243 e. The quantitative estimate of drug-likeness (QED) is 0.904. The predicted octanol–water partition coefficient (Wildman–Crippen LogP) is 2.03. The summed E-state index contributed by atoms with van der Waals surface area (Å²) in [4.78, 5) is 12.2. The van der Waals surface area contributed by atoms with Gasteiger partial charge in [0.15, 0.2) is 0 Å². The molecule has 0 aromatic heterocycles. The molecule has 132 valence electrons. The Labute approximate surface area is 146 Å². The van der Waals surface area contributed by atoms with E-state index in [0.29, 0.717) is 12.8 Å². The number of hydrogen-bond donors (Lipinski definition) is 1. The van der Waals surface area contributed by atoms with Crippen LogP contribution >= 0.6 is 0 Å². The number of primary amides is 1. The van der Waals surface area contributed by atoms with Crippen LogP contribution in [0.15, 0.2) is 59.5 Å². The summed E-state index contributed by atoms with van der Waals surface area (Å²) in [5.41, 5.74) is 5.61. The minimum Gasteiger partial charge on any atom is -0.369 e. The summed E-state index contributed by atoms with van der Waals surface area (Å²) in [5, 5.41) is 0. The molecule has 0 saturated carbocycles. The third-order valence-corrected chi connectivity index (χ3v) is 6.74. The maximum atomic E-state index is 13.0. The number of amides is 1. The number of rotatable bonds is 4. The fourth-order valence-electron chi connectivity index (χ4n) is 3.30. The highest BCUT2D eigenvalue weighted by Crippen LogP contribution is 2.36. The lowest BCUT2D eigenvalue weighted by molar-refractivity contribution is -0.125. The average Bonchev–Trinajstić information content (AvgIpc) is 2.62. The molecule has 1 aliphatic rings. The SMILES string of the molecule is NC(=O)C1(c2ccccc2)CCN(S(=O)(=O)c2ccc(F)cc2)CC1. The zero-order valence-electron chi connectivity index (χ0n) is 13.6. The lowest BCUT2D eigenvalue weighted by Crippen LogP contribution is -2.51. The maximum absolute atomic E-state index is 13.0. The van der Waals surface area contributed by atoms with Crippen molar-refractivity contribution >= 4 is 15.9 Å². The first-order chi connectivity index (χ1) is 11.9. The van der Waals surface area contributed by atoms with Gasteiger partial charge in [-0.15, -0.1) is 0 Å². The van der Waals surface area contributed by atoms with Gasteiger partial charge in [-0.2, -0.15) is 4.31 Å². The van der Waals surface area contributed by atoms with Crippen molar-refractivity contribution in [3.8, 4) is 0 Å². The number of sulfonamides is 1. The van der Waals surface area contributed by atoms with Crippen LogP contribution in [0.5, 0.6) is 0 Å². The molecule has 5 nitrogen and oxygen atoms in total. The van der Waals surface area contributed by atoms with Gasteiger partial charge in [-0.3, -0.25) is 4.79 Å². The normalized spacial score (nSPS) is 18.0. The first-order valence-corrected chi connectivity index (χ1v) is 9.41. The summed E-state index contributed by atoms with van der Waals surface area (Å²) in [6, 6.07) is 13.9. The number of benzene rings is 2. The second-order valence-corrected chi connectivity index (χ2v) is 8.11. The van der Waals surface area contributed by atoms with Gasteiger partial charge < -0.3 is 5.73 Å². The molecule has 0 radical (unpaired) electrons. The van der Waals surface area contributed by atoms with Gasteiger partial charge in [-0.1, -0.05) is 30.3 Å². The first-order valence-electron chi connectivity index (χ1n) is 7.97. The van der Waals surface area contributed by atoms with E-state index in [-0.39, 0.29) is 18.0 Å². The second-order valence-electron chi connectivity index (χ2n) is 6.17. The maximum Gasteiger partial charge on any atom is 0.243 e. The molecule has 3 rings (SSSR count). The molecule has 7 heteroatoms. The molecule has 25 heavy (non-hydrogen) atoms. The summed E-state index contributed by atoms with van der Waals surface area (Å²) in [6.07, 6.45) is 0.625. The van der Waals surface area contributed by atoms with Crippen molar-refractivity contribution in [3.63, 3.8) is 0 Å².